The fourth-order valence-electron chi connectivity index (χ4n) is 4.07. The van der Waals surface area contributed by atoms with Crippen LogP contribution in [0.1, 0.15) is 72.3 Å². The number of hydrogen-bond acceptors (Lipinski definition) is 6. The maximum atomic E-state index is 12.6. The smallest absolute Gasteiger partial charge is 0.225 e. The minimum atomic E-state index is -0.794. The van der Waals surface area contributed by atoms with E-state index in [1.54, 1.807) is 14.2 Å². The molecule has 0 saturated carbocycles. The van der Waals surface area contributed by atoms with Gasteiger partial charge in [0.05, 0.1) is 19.8 Å². The van der Waals surface area contributed by atoms with Crippen molar-refractivity contribution in [2.24, 2.45) is 23.0 Å². The molecule has 202 valence electrons. The van der Waals surface area contributed by atoms with E-state index in [0.29, 0.717) is 31.3 Å². The largest absolute Gasteiger partial charge is 0.493 e. The van der Waals surface area contributed by atoms with Crippen LogP contribution in [0.3, 0.4) is 0 Å². The van der Waals surface area contributed by atoms with Gasteiger partial charge in [0.25, 0.3) is 0 Å². The average molecular weight is 495 g/mol. The van der Waals surface area contributed by atoms with Crippen molar-refractivity contribution in [2.45, 2.75) is 85.3 Å². The number of unbranched alkanes of at least 4 members (excludes halogenated alkanes) is 1. The van der Waals surface area contributed by atoms with Gasteiger partial charge in [-0.3, -0.25) is 4.79 Å². The highest BCUT2D eigenvalue weighted by molar-refractivity contribution is 5.81. The topological polar surface area (TPSA) is 103 Å². The van der Waals surface area contributed by atoms with E-state index in [1.165, 1.54) is 0 Å². The summed E-state index contributed by atoms with van der Waals surface area (Å²) < 4.78 is 16.5. The lowest BCUT2D eigenvalue weighted by molar-refractivity contribution is -0.130. The number of nitrogens with two attached hydrogens (primary N) is 1. The molecule has 4 N–H and O–H groups in total. The molecule has 1 aromatic rings. The lowest BCUT2D eigenvalue weighted by Gasteiger charge is -2.29. The SMILES string of the molecule is CCCCC(C)(C)C(=O)NC[C@H](O)C(N)CC(Cc1ccc(OC)c(OCCCOC)c1)C(C)C. The molecular weight excluding hydrogens is 444 g/mol. The van der Waals surface area contributed by atoms with E-state index < -0.39 is 17.6 Å². The Hall–Kier alpha value is -1.83. The van der Waals surface area contributed by atoms with E-state index in [1.807, 2.05) is 26.0 Å². The summed E-state index contributed by atoms with van der Waals surface area (Å²) in [6.07, 6.45) is 4.36. The molecule has 0 heterocycles. The summed E-state index contributed by atoms with van der Waals surface area (Å²) in [4.78, 5) is 12.6. The monoisotopic (exact) mass is 494 g/mol. The van der Waals surface area contributed by atoms with Crippen molar-refractivity contribution in [2.75, 3.05) is 34.0 Å². The van der Waals surface area contributed by atoms with Crippen LogP contribution in [0, 0.1) is 17.3 Å². The molecule has 0 fully saturated rings. The van der Waals surface area contributed by atoms with Crippen LogP contribution in [-0.4, -0.2) is 57.1 Å². The molecule has 1 rings (SSSR count). The predicted octanol–water partition coefficient (Wildman–Crippen LogP) is 4.34. The van der Waals surface area contributed by atoms with Crippen molar-refractivity contribution in [3.8, 4) is 11.5 Å². The molecule has 0 aliphatic rings. The van der Waals surface area contributed by atoms with Crippen LogP contribution in [0.25, 0.3) is 0 Å². The molecule has 7 heteroatoms. The second-order valence-corrected chi connectivity index (χ2v) is 10.6. The third-order valence-electron chi connectivity index (χ3n) is 6.73. The van der Waals surface area contributed by atoms with Gasteiger partial charge in [0.15, 0.2) is 11.5 Å². The van der Waals surface area contributed by atoms with Gasteiger partial charge in [-0.15, -0.1) is 0 Å². The van der Waals surface area contributed by atoms with Gasteiger partial charge in [-0.25, -0.2) is 0 Å². The molecule has 0 bridgehead atoms. The molecule has 0 spiro atoms. The van der Waals surface area contributed by atoms with Crippen LogP contribution < -0.4 is 20.5 Å². The Labute approximate surface area is 213 Å². The van der Waals surface area contributed by atoms with Crippen molar-refractivity contribution in [1.29, 1.82) is 0 Å². The molecule has 1 aromatic carbocycles. The maximum Gasteiger partial charge on any atom is 0.225 e. The summed E-state index contributed by atoms with van der Waals surface area (Å²) in [5.41, 5.74) is 7.09. The standard InChI is InChI=1S/C28H50N2O5/c1-8-9-13-28(4,5)27(32)30-19-24(31)23(29)18-22(20(2)3)16-21-11-12-25(34-7)26(17-21)35-15-10-14-33-6/h11-12,17,20,22-24,31H,8-10,13-16,18-19,29H2,1-7H3,(H,30,32)/t22?,23?,24-/m0/s1. The van der Waals surface area contributed by atoms with Crippen LogP contribution in [0.2, 0.25) is 0 Å². The summed E-state index contributed by atoms with van der Waals surface area (Å²) in [7, 11) is 3.31. The number of benzene rings is 1. The number of amides is 1. The highest BCUT2D eigenvalue weighted by Crippen LogP contribution is 2.31. The van der Waals surface area contributed by atoms with Gasteiger partial charge in [0, 0.05) is 38.1 Å². The Balaban J connectivity index is 2.73. The number of methoxy groups -OCH3 is 2. The summed E-state index contributed by atoms with van der Waals surface area (Å²) >= 11 is 0. The molecule has 1 amide bonds. The molecule has 0 radical (unpaired) electrons. The first-order valence-corrected chi connectivity index (χ1v) is 13.1. The average Bonchev–Trinajstić information content (AvgIpc) is 2.83. The number of hydrogen-bond donors (Lipinski definition) is 3. The second-order valence-electron chi connectivity index (χ2n) is 10.6. The number of rotatable bonds is 18. The zero-order chi connectivity index (χ0) is 26.4. The Kier molecular flexibility index (Phi) is 14.3. The van der Waals surface area contributed by atoms with Crippen molar-refractivity contribution in [1.82, 2.24) is 5.32 Å². The van der Waals surface area contributed by atoms with Crippen molar-refractivity contribution >= 4 is 5.91 Å². The van der Waals surface area contributed by atoms with Crippen LogP contribution in [0.5, 0.6) is 11.5 Å². The lowest BCUT2D eigenvalue weighted by Crippen LogP contribution is -2.47. The van der Waals surface area contributed by atoms with Gasteiger partial charge in [-0.05, 0) is 48.8 Å². The van der Waals surface area contributed by atoms with Crippen LogP contribution in [0.15, 0.2) is 18.2 Å². The molecule has 7 nitrogen and oxygen atoms in total. The van der Waals surface area contributed by atoms with Crippen molar-refractivity contribution < 1.29 is 24.1 Å². The van der Waals surface area contributed by atoms with E-state index >= 15 is 0 Å². The number of aliphatic hydroxyl groups is 1. The highest BCUT2D eigenvalue weighted by atomic mass is 16.5. The summed E-state index contributed by atoms with van der Waals surface area (Å²) in [6, 6.07) is 5.59. The van der Waals surface area contributed by atoms with Crippen LogP contribution >= 0.6 is 0 Å². The van der Waals surface area contributed by atoms with E-state index in [2.05, 4.69) is 32.2 Å². The summed E-state index contributed by atoms with van der Waals surface area (Å²) in [5, 5.41) is 13.6. The molecule has 2 unspecified atom stereocenters. The molecule has 3 atom stereocenters. The van der Waals surface area contributed by atoms with Gasteiger partial charge in [-0.1, -0.05) is 53.5 Å². The Morgan fingerprint density at radius 1 is 1.14 bits per heavy atom. The number of ether oxygens (including phenoxy) is 3. The normalized spacial score (nSPS) is 14.5. The molecule has 35 heavy (non-hydrogen) atoms. The molecular formula is C28H50N2O5. The Bertz CT molecular complexity index is 738. The lowest BCUT2D eigenvalue weighted by atomic mass is 9.83. The molecule has 0 aromatic heterocycles. The minimum Gasteiger partial charge on any atom is -0.493 e. The predicted molar refractivity (Wildman–Crippen MR) is 142 cm³/mol. The first-order chi connectivity index (χ1) is 16.5. The van der Waals surface area contributed by atoms with Crippen molar-refractivity contribution in [3.05, 3.63) is 23.8 Å². The first-order valence-electron chi connectivity index (χ1n) is 13.1. The van der Waals surface area contributed by atoms with Crippen LogP contribution in [0.4, 0.5) is 0 Å². The maximum absolute atomic E-state index is 12.6. The van der Waals surface area contributed by atoms with Gasteiger partial charge >= 0.3 is 0 Å². The van der Waals surface area contributed by atoms with E-state index in [4.69, 9.17) is 19.9 Å². The third-order valence-corrected chi connectivity index (χ3v) is 6.73. The second kappa shape index (κ2) is 16.0. The number of aliphatic hydroxyl groups excluding tert-OH is 1. The van der Waals surface area contributed by atoms with Crippen LogP contribution in [-0.2, 0) is 16.0 Å². The number of carbonyl (C=O) groups is 1. The fraction of sp³-hybridized carbons (Fsp3) is 0.750. The zero-order valence-electron chi connectivity index (χ0n) is 23.1. The first kappa shape index (κ1) is 31.2. The molecule has 0 aliphatic carbocycles. The summed E-state index contributed by atoms with van der Waals surface area (Å²) in [5.74, 6) is 2.04. The number of carbonyl (C=O) groups excluding carboxylic acids is 1. The van der Waals surface area contributed by atoms with E-state index in [-0.39, 0.29) is 18.4 Å². The zero-order valence-corrected chi connectivity index (χ0v) is 23.1. The molecule has 0 saturated heterocycles. The fourth-order valence-corrected chi connectivity index (χ4v) is 4.07. The van der Waals surface area contributed by atoms with Crippen molar-refractivity contribution in [3.63, 3.8) is 0 Å². The highest BCUT2D eigenvalue weighted by Gasteiger charge is 2.28. The van der Waals surface area contributed by atoms with E-state index in [0.717, 1.165) is 43.4 Å². The Morgan fingerprint density at radius 2 is 1.86 bits per heavy atom. The van der Waals surface area contributed by atoms with Gasteiger partial charge in [0.1, 0.15) is 0 Å². The minimum absolute atomic E-state index is 0.0335. The quantitative estimate of drug-likeness (QED) is 0.262. The van der Waals surface area contributed by atoms with E-state index in [9.17, 15) is 9.90 Å². The third kappa shape index (κ3) is 11.2. The number of nitrogens with one attached hydrogen (secondary N) is 1. The van der Waals surface area contributed by atoms with Gasteiger partial charge in [0.2, 0.25) is 5.91 Å². The van der Waals surface area contributed by atoms with Gasteiger partial charge in [-0.2, -0.15) is 0 Å². The Morgan fingerprint density at radius 3 is 2.46 bits per heavy atom. The molecule has 0 aliphatic heterocycles. The van der Waals surface area contributed by atoms with Gasteiger partial charge < -0.3 is 30.4 Å². The summed E-state index contributed by atoms with van der Waals surface area (Å²) in [6.45, 7) is 11.7.